The van der Waals surface area contributed by atoms with Crippen LogP contribution < -0.4 is 5.32 Å². The predicted molar refractivity (Wildman–Crippen MR) is 78.3 cm³/mol. The van der Waals surface area contributed by atoms with Crippen molar-refractivity contribution in [3.63, 3.8) is 0 Å². The summed E-state index contributed by atoms with van der Waals surface area (Å²) in [4.78, 5) is 0. The lowest BCUT2D eigenvalue weighted by Crippen LogP contribution is -2.25. The highest BCUT2D eigenvalue weighted by molar-refractivity contribution is 5.81. The molecule has 4 nitrogen and oxygen atoms in total. The summed E-state index contributed by atoms with van der Waals surface area (Å²) in [5.74, 6) is 0.565. The topological polar surface area (TPSA) is 39.1 Å². The second-order valence-electron chi connectivity index (χ2n) is 5.09. The van der Waals surface area contributed by atoms with Crippen LogP contribution in [0.4, 0.5) is 0 Å². The minimum absolute atomic E-state index is 0.565. The Hall–Kier alpha value is -1.39. The number of rotatable bonds is 7. The number of hydrogen-bond acceptors (Lipinski definition) is 3. The second-order valence-corrected chi connectivity index (χ2v) is 5.09. The molecular weight excluding hydrogens is 238 g/mol. The van der Waals surface area contributed by atoms with Crippen molar-refractivity contribution in [1.29, 1.82) is 0 Å². The molecule has 0 fully saturated rings. The fraction of sp³-hybridized carbons (Fsp3) is 0.533. The molecule has 0 saturated heterocycles. The molecule has 1 unspecified atom stereocenters. The van der Waals surface area contributed by atoms with Crippen molar-refractivity contribution in [2.45, 2.75) is 13.3 Å². The average molecular weight is 261 g/mol. The second kappa shape index (κ2) is 6.68. The number of aromatic nitrogens is 2. The number of ether oxygens (including phenoxy) is 1. The van der Waals surface area contributed by atoms with Crippen LogP contribution in [0.15, 0.2) is 24.3 Å². The standard InChI is InChI=1S/C15H23N3O/c1-12(11-16-8-9-19-3)10-14-13-6-4-5-7-15(13)18(2)17-14/h4-7,12,16H,8-11H2,1-3H3. The Morgan fingerprint density at radius 3 is 2.95 bits per heavy atom. The van der Waals surface area contributed by atoms with E-state index in [4.69, 9.17) is 4.74 Å². The van der Waals surface area contributed by atoms with Gasteiger partial charge in [0.1, 0.15) is 0 Å². The Kier molecular flexibility index (Phi) is 4.93. The highest BCUT2D eigenvalue weighted by Crippen LogP contribution is 2.19. The highest BCUT2D eigenvalue weighted by atomic mass is 16.5. The van der Waals surface area contributed by atoms with Crippen LogP contribution in [0.2, 0.25) is 0 Å². The van der Waals surface area contributed by atoms with E-state index in [0.29, 0.717) is 5.92 Å². The van der Waals surface area contributed by atoms with Gasteiger partial charge in [0.15, 0.2) is 0 Å². The van der Waals surface area contributed by atoms with Gasteiger partial charge in [0.2, 0.25) is 0 Å². The molecule has 0 saturated carbocycles. The first-order chi connectivity index (χ1) is 9.22. The maximum absolute atomic E-state index is 5.02. The maximum atomic E-state index is 5.02. The molecule has 0 radical (unpaired) electrons. The first-order valence-corrected chi connectivity index (χ1v) is 6.82. The number of methoxy groups -OCH3 is 1. The summed E-state index contributed by atoms with van der Waals surface area (Å²) in [5.41, 5.74) is 2.40. The number of nitrogens with zero attached hydrogens (tertiary/aromatic N) is 2. The van der Waals surface area contributed by atoms with Crippen molar-refractivity contribution in [1.82, 2.24) is 15.1 Å². The zero-order valence-electron chi connectivity index (χ0n) is 12.0. The van der Waals surface area contributed by atoms with Gasteiger partial charge in [0.25, 0.3) is 0 Å². The van der Waals surface area contributed by atoms with Gasteiger partial charge in [-0.25, -0.2) is 0 Å². The molecule has 0 amide bonds. The van der Waals surface area contributed by atoms with Gasteiger partial charge in [0, 0.05) is 26.1 Å². The van der Waals surface area contributed by atoms with Gasteiger partial charge in [0.05, 0.1) is 17.8 Å². The fourth-order valence-electron chi connectivity index (χ4n) is 2.36. The van der Waals surface area contributed by atoms with Gasteiger partial charge < -0.3 is 10.1 Å². The lowest BCUT2D eigenvalue weighted by atomic mass is 10.0. The first kappa shape index (κ1) is 14.0. The minimum atomic E-state index is 0.565. The van der Waals surface area contributed by atoms with E-state index in [1.807, 2.05) is 11.7 Å². The average Bonchev–Trinajstić information content (AvgIpc) is 2.72. The molecule has 19 heavy (non-hydrogen) atoms. The number of hydrogen-bond donors (Lipinski definition) is 1. The molecule has 0 aliphatic rings. The van der Waals surface area contributed by atoms with Crippen molar-refractivity contribution in [2.75, 3.05) is 26.8 Å². The van der Waals surface area contributed by atoms with E-state index in [1.54, 1.807) is 7.11 Å². The van der Waals surface area contributed by atoms with E-state index >= 15 is 0 Å². The van der Waals surface area contributed by atoms with Crippen molar-refractivity contribution in [2.24, 2.45) is 13.0 Å². The summed E-state index contributed by atoms with van der Waals surface area (Å²) in [5, 5.41) is 9.31. The van der Waals surface area contributed by atoms with Gasteiger partial charge in [-0.3, -0.25) is 4.68 Å². The summed E-state index contributed by atoms with van der Waals surface area (Å²) >= 11 is 0. The third-order valence-corrected chi connectivity index (χ3v) is 3.35. The molecule has 0 aliphatic carbocycles. The summed E-state index contributed by atoms with van der Waals surface area (Å²) in [6, 6.07) is 8.41. The third kappa shape index (κ3) is 3.55. The van der Waals surface area contributed by atoms with E-state index in [-0.39, 0.29) is 0 Å². The minimum Gasteiger partial charge on any atom is -0.383 e. The normalized spacial score (nSPS) is 13.0. The van der Waals surface area contributed by atoms with Gasteiger partial charge in [-0.15, -0.1) is 0 Å². The third-order valence-electron chi connectivity index (χ3n) is 3.35. The lowest BCUT2D eigenvalue weighted by Gasteiger charge is -2.11. The summed E-state index contributed by atoms with van der Waals surface area (Å²) in [6.07, 6.45) is 1.00. The molecule has 2 rings (SSSR count). The van der Waals surface area contributed by atoms with Gasteiger partial charge in [-0.05, 0) is 24.9 Å². The van der Waals surface area contributed by atoms with Crippen molar-refractivity contribution < 1.29 is 4.74 Å². The predicted octanol–water partition coefficient (Wildman–Crippen LogP) is 1.99. The monoisotopic (exact) mass is 261 g/mol. The maximum Gasteiger partial charge on any atom is 0.0706 e. The smallest absolute Gasteiger partial charge is 0.0706 e. The number of fused-ring (bicyclic) bond motifs is 1. The van der Waals surface area contributed by atoms with Crippen molar-refractivity contribution in [3.8, 4) is 0 Å². The van der Waals surface area contributed by atoms with Gasteiger partial charge in [-0.1, -0.05) is 25.1 Å². The molecule has 1 atom stereocenters. The van der Waals surface area contributed by atoms with Gasteiger partial charge >= 0.3 is 0 Å². The molecule has 2 aromatic rings. The highest BCUT2D eigenvalue weighted by Gasteiger charge is 2.11. The van der Waals surface area contributed by atoms with E-state index in [9.17, 15) is 0 Å². The molecule has 1 aromatic heterocycles. The molecule has 0 bridgehead atoms. The van der Waals surface area contributed by atoms with Crippen molar-refractivity contribution in [3.05, 3.63) is 30.0 Å². The fourth-order valence-corrected chi connectivity index (χ4v) is 2.36. The number of nitrogens with one attached hydrogen (secondary N) is 1. The molecule has 1 aromatic carbocycles. The Balaban J connectivity index is 1.97. The Bertz CT molecular complexity index is 521. The van der Waals surface area contributed by atoms with E-state index in [1.165, 1.54) is 16.6 Å². The van der Waals surface area contributed by atoms with Gasteiger partial charge in [-0.2, -0.15) is 5.10 Å². The molecule has 0 aliphatic heterocycles. The Labute approximate surface area is 114 Å². The van der Waals surface area contributed by atoms with Crippen LogP contribution >= 0.6 is 0 Å². The zero-order chi connectivity index (χ0) is 13.7. The molecule has 1 N–H and O–H groups in total. The van der Waals surface area contributed by atoms with Crippen LogP contribution in [0.5, 0.6) is 0 Å². The zero-order valence-corrected chi connectivity index (χ0v) is 12.0. The van der Waals surface area contributed by atoms with Crippen LogP contribution in [0.1, 0.15) is 12.6 Å². The summed E-state index contributed by atoms with van der Waals surface area (Å²) < 4.78 is 6.99. The van der Waals surface area contributed by atoms with Crippen LogP contribution in [-0.2, 0) is 18.2 Å². The number of para-hydroxylation sites is 1. The van der Waals surface area contributed by atoms with Crippen LogP contribution in [0.3, 0.4) is 0 Å². The SMILES string of the molecule is COCCNCC(C)Cc1nn(C)c2ccccc12. The van der Waals surface area contributed by atoms with Crippen molar-refractivity contribution >= 4 is 10.9 Å². The van der Waals surface area contributed by atoms with E-state index < -0.39 is 0 Å². The molecule has 0 spiro atoms. The molecule has 104 valence electrons. The quantitative estimate of drug-likeness (QED) is 0.775. The van der Waals surface area contributed by atoms with E-state index in [0.717, 1.165) is 26.1 Å². The van der Waals surface area contributed by atoms with Crippen LogP contribution in [-0.4, -0.2) is 36.6 Å². The largest absolute Gasteiger partial charge is 0.383 e. The van der Waals surface area contributed by atoms with E-state index in [2.05, 4.69) is 41.6 Å². The van der Waals surface area contributed by atoms with Crippen LogP contribution in [0.25, 0.3) is 10.9 Å². The molecule has 4 heteroatoms. The first-order valence-electron chi connectivity index (χ1n) is 6.82. The lowest BCUT2D eigenvalue weighted by molar-refractivity contribution is 0.198. The van der Waals surface area contributed by atoms with Crippen LogP contribution in [0, 0.1) is 5.92 Å². The molecular formula is C15H23N3O. The Morgan fingerprint density at radius 1 is 1.37 bits per heavy atom. The summed E-state index contributed by atoms with van der Waals surface area (Å²) in [7, 11) is 3.73. The molecule has 1 heterocycles. The Morgan fingerprint density at radius 2 is 2.16 bits per heavy atom. The number of aryl methyl sites for hydroxylation is 1. The summed E-state index contributed by atoms with van der Waals surface area (Å²) in [6.45, 7) is 4.92. The number of benzene rings is 1.